The number of aromatic nitrogens is 3. The molecule has 4 heteroatoms. The Kier molecular flexibility index (Phi) is 3.28. The zero-order valence-electron chi connectivity index (χ0n) is 8.62. The number of nitrogens with zero attached hydrogens (tertiary/aromatic N) is 3. The van der Waals surface area contributed by atoms with Crippen LogP contribution in [0.1, 0.15) is 45.2 Å². The summed E-state index contributed by atoms with van der Waals surface area (Å²) in [5, 5.41) is 7.90. The highest BCUT2D eigenvalue weighted by molar-refractivity contribution is 5.34. The first-order valence-electron chi connectivity index (χ1n) is 4.85. The van der Waals surface area contributed by atoms with Gasteiger partial charge in [0, 0.05) is 6.54 Å². The summed E-state index contributed by atoms with van der Waals surface area (Å²) >= 11 is 0. The minimum absolute atomic E-state index is 0.395. The number of hydrogen-bond donors (Lipinski definition) is 1. The molecule has 0 fully saturated rings. The molecule has 4 nitrogen and oxygen atoms in total. The van der Waals surface area contributed by atoms with E-state index in [0.717, 1.165) is 25.1 Å². The molecule has 1 aromatic heterocycles. The molecule has 0 aliphatic carbocycles. The van der Waals surface area contributed by atoms with E-state index in [1.807, 2.05) is 4.68 Å². The summed E-state index contributed by atoms with van der Waals surface area (Å²) in [5.74, 6) is 0.970. The second kappa shape index (κ2) is 4.25. The van der Waals surface area contributed by atoms with Gasteiger partial charge < -0.3 is 5.73 Å². The Hall–Kier alpha value is -1.06. The molecule has 0 unspecified atom stereocenters. The van der Waals surface area contributed by atoms with E-state index in [4.69, 9.17) is 5.73 Å². The van der Waals surface area contributed by atoms with E-state index in [2.05, 4.69) is 31.1 Å². The molecule has 74 valence electrons. The number of unbranched alkanes of at least 4 members (excludes halogenated alkanes) is 1. The van der Waals surface area contributed by atoms with E-state index in [9.17, 15) is 0 Å². The van der Waals surface area contributed by atoms with Crippen molar-refractivity contribution in [2.45, 2.75) is 46.1 Å². The predicted molar refractivity (Wildman–Crippen MR) is 53.4 cm³/mol. The number of nitrogen functional groups attached to an aromatic ring is 1. The third-order valence-corrected chi connectivity index (χ3v) is 2.07. The van der Waals surface area contributed by atoms with Crippen LogP contribution < -0.4 is 5.73 Å². The summed E-state index contributed by atoms with van der Waals surface area (Å²) in [5.41, 5.74) is 6.78. The van der Waals surface area contributed by atoms with E-state index in [1.165, 1.54) is 0 Å². The molecule has 1 aromatic rings. The Bertz CT molecular complexity index is 265. The summed E-state index contributed by atoms with van der Waals surface area (Å²) in [4.78, 5) is 0. The summed E-state index contributed by atoms with van der Waals surface area (Å²) < 4.78 is 1.92. The summed E-state index contributed by atoms with van der Waals surface area (Å²) in [6.07, 6.45) is 2.29. The van der Waals surface area contributed by atoms with Gasteiger partial charge in [-0.25, -0.2) is 4.68 Å². The molecule has 13 heavy (non-hydrogen) atoms. The third kappa shape index (κ3) is 2.20. The van der Waals surface area contributed by atoms with E-state index in [1.54, 1.807) is 0 Å². The predicted octanol–water partition coefficient (Wildman–Crippen LogP) is 1.78. The maximum Gasteiger partial charge on any atom is 0.169 e. The fraction of sp³-hybridized carbons (Fsp3) is 0.778. The summed E-state index contributed by atoms with van der Waals surface area (Å²) in [6.45, 7) is 7.30. The van der Waals surface area contributed by atoms with Crippen molar-refractivity contribution in [2.24, 2.45) is 0 Å². The third-order valence-electron chi connectivity index (χ3n) is 2.07. The normalized spacial score (nSPS) is 11.1. The SMILES string of the molecule is CCCCn1nnc(N)c1C(C)C. The van der Waals surface area contributed by atoms with Gasteiger partial charge in [0.15, 0.2) is 5.82 Å². The zero-order chi connectivity index (χ0) is 9.84. The van der Waals surface area contributed by atoms with Gasteiger partial charge in [-0.05, 0) is 12.3 Å². The Balaban J connectivity index is 2.81. The minimum atomic E-state index is 0.395. The maximum atomic E-state index is 5.72. The van der Waals surface area contributed by atoms with Crippen LogP contribution in [0.2, 0.25) is 0 Å². The average Bonchev–Trinajstić information content (AvgIpc) is 2.43. The number of rotatable bonds is 4. The van der Waals surface area contributed by atoms with E-state index < -0.39 is 0 Å². The van der Waals surface area contributed by atoms with Gasteiger partial charge in [-0.2, -0.15) is 0 Å². The summed E-state index contributed by atoms with van der Waals surface area (Å²) in [6, 6.07) is 0. The van der Waals surface area contributed by atoms with Crippen LogP contribution in [0, 0.1) is 0 Å². The quantitative estimate of drug-likeness (QED) is 0.772. The fourth-order valence-corrected chi connectivity index (χ4v) is 1.40. The monoisotopic (exact) mass is 182 g/mol. The highest BCUT2D eigenvalue weighted by Crippen LogP contribution is 2.19. The maximum absolute atomic E-state index is 5.72. The van der Waals surface area contributed by atoms with Crippen LogP contribution in [0.25, 0.3) is 0 Å². The lowest BCUT2D eigenvalue weighted by atomic mass is 10.1. The van der Waals surface area contributed by atoms with E-state index in [0.29, 0.717) is 11.7 Å². The Morgan fingerprint density at radius 3 is 2.69 bits per heavy atom. The molecule has 0 saturated carbocycles. The first-order valence-corrected chi connectivity index (χ1v) is 4.85. The fourth-order valence-electron chi connectivity index (χ4n) is 1.40. The molecule has 2 N–H and O–H groups in total. The van der Waals surface area contributed by atoms with Gasteiger partial charge in [-0.15, -0.1) is 5.10 Å². The van der Waals surface area contributed by atoms with Crippen LogP contribution in [0.5, 0.6) is 0 Å². The molecule has 0 amide bonds. The van der Waals surface area contributed by atoms with Crippen molar-refractivity contribution >= 4 is 5.82 Å². The number of anilines is 1. The molecule has 1 heterocycles. The van der Waals surface area contributed by atoms with Gasteiger partial charge in [-0.1, -0.05) is 32.4 Å². The van der Waals surface area contributed by atoms with Crippen LogP contribution in [0.4, 0.5) is 5.82 Å². The van der Waals surface area contributed by atoms with Crippen LogP contribution in [0.15, 0.2) is 0 Å². The van der Waals surface area contributed by atoms with Crippen molar-refractivity contribution in [1.29, 1.82) is 0 Å². The average molecular weight is 182 g/mol. The lowest BCUT2D eigenvalue weighted by molar-refractivity contribution is 0.522. The van der Waals surface area contributed by atoms with Crippen molar-refractivity contribution in [2.75, 3.05) is 5.73 Å². The molecule has 1 rings (SSSR count). The molecule has 0 atom stereocenters. The van der Waals surface area contributed by atoms with Crippen LogP contribution in [-0.2, 0) is 6.54 Å². The van der Waals surface area contributed by atoms with Gasteiger partial charge in [0.2, 0.25) is 0 Å². The highest BCUT2D eigenvalue weighted by Gasteiger charge is 2.12. The van der Waals surface area contributed by atoms with Gasteiger partial charge in [-0.3, -0.25) is 0 Å². The molecule has 0 radical (unpaired) electrons. The van der Waals surface area contributed by atoms with Gasteiger partial charge in [0.25, 0.3) is 0 Å². The Morgan fingerprint density at radius 2 is 2.15 bits per heavy atom. The van der Waals surface area contributed by atoms with Crippen molar-refractivity contribution in [1.82, 2.24) is 15.0 Å². The van der Waals surface area contributed by atoms with E-state index >= 15 is 0 Å². The van der Waals surface area contributed by atoms with Crippen molar-refractivity contribution in [3.05, 3.63) is 5.69 Å². The zero-order valence-corrected chi connectivity index (χ0v) is 8.62. The molecule has 0 spiro atoms. The van der Waals surface area contributed by atoms with Crippen LogP contribution in [-0.4, -0.2) is 15.0 Å². The second-order valence-electron chi connectivity index (χ2n) is 3.59. The van der Waals surface area contributed by atoms with Crippen LogP contribution >= 0.6 is 0 Å². The van der Waals surface area contributed by atoms with Gasteiger partial charge in [0.1, 0.15) is 0 Å². The van der Waals surface area contributed by atoms with Crippen molar-refractivity contribution < 1.29 is 0 Å². The second-order valence-corrected chi connectivity index (χ2v) is 3.59. The number of aryl methyl sites for hydroxylation is 1. The molecular weight excluding hydrogens is 164 g/mol. The Labute approximate surface area is 79.1 Å². The number of nitrogens with two attached hydrogens (primary N) is 1. The first kappa shape index (κ1) is 10.0. The highest BCUT2D eigenvalue weighted by atomic mass is 15.4. The molecular formula is C9H18N4. The molecule has 0 saturated heterocycles. The molecule has 0 aliphatic heterocycles. The topological polar surface area (TPSA) is 56.7 Å². The smallest absolute Gasteiger partial charge is 0.169 e. The number of hydrogen-bond acceptors (Lipinski definition) is 3. The molecule has 0 aliphatic rings. The lowest BCUT2D eigenvalue weighted by Crippen LogP contribution is -2.07. The standard InChI is InChI=1S/C9H18N4/c1-4-5-6-13-8(7(2)3)9(10)11-12-13/h7H,4-6,10H2,1-3H3. The van der Waals surface area contributed by atoms with Crippen LogP contribution in [0.3, 0.4) is 0 Å². The molecule has 0 aromatic carbocycles. The minimum Gasteiger partial charge on any atom is -0.381 e. The van der Waals surface area contributed by atoms with Gasteiger partial charge in [0.05, 0.1) is 5.69 Å². The first-order chi connectivity index (χ1) is 6.16. The van der Waals surface area contributed by atoms with Gasteiger partial charge >= 0.3 is 0 Å². The van der Waals surface area contributed by atoms with Crippen molar-refractivity contribution in [3.8, 4) is 0 Å². The Morgan fingerprint density at radius 1 is 1.46 bits per heavy atom. The molecule has 0 bridgehead atoms. The van der Waals surface area contributed by atoms with E-state index in [-0.39, 0.29) is 0 Å². The summed E-state index contributed by atoms with van der Waals surface area (Å²) in [7, 11) is 0. The van der Waals surface area contributed by atoms with Crippen molar-refractivity contribution in [3.63, 3.8) is 0 Å². The largest absolute Gasteiger partial charge is 0.381 e. The lowest BCUT2D eigenvalue weighted by Gasteiger charge is -2.08.